The zero-order valence-corrected chi connectivity index (χ0v) is 18.7. The van der Waals surface area contributed by atoms with Crippen molar-refractivity contribution in [1.29, 1.82) is 0 Å². The summed E-state index contributed by atoms with van der Waals surface area (Å²) < 4.78 is 0. The van der Waals surface area contributed by atoms with Gasteiger partial charge in [-0.3, -0.25) is 0 Å². The number of aliphatic hydroxyl groups excluding tert-OH is 2. The van der Waals surface area contributed by atoms with Crippen LogP contribution in [-0.2, 0) is 0 Å². The monoisotopic (exact) mass is 386 g/mol. The third-order valence-corrected chi connectivity index (χ3v) is 7.03. The summed E-state index contributed by atoms with van der Waals surface area (Å²) in [6, 6.07) is 0. The summed E-state index contributed by atoms with van der Waals surface area (Å²) in [6.45, 7) is 10.8. The number of hydrogen-bond acceptors (Lipinski definition) is 2. The van der Waals surface area contributed by atoms with Gasteiger partial charge in [0, 0.05) is 10.8 Å². The van der Waals surface area contributed by atoms with E-state index in [1.54, 1.807) is 0 Å². The Kier molecular flexibility index (Phi) is 8.33. The van der Waals surface area contributed by atoms with Crippen LogP contribution in [-0.4, -0.2) is 22.4 Å². The minimum atomic E-state index is -0.519. The van der Waals surface area contributed by atoms with Crippen molar-refractivity contribution in [1.82, 2.24) is 0 Å². The summed E-state index contributed by atoms with van der Waals surface area (Å²) in [7, 11) is 0. The van der Waals surface area contributed by atoms with Gasteiger partial charge in [0.05, 0.1) is 12.2 Å². The lowest BCUT2D eigenvalue weighted by Gasteiger charge is -2.51. The van der Waals surface area contributed by atoms with Crippen molar-refractivity contribution in [2.24, 2.45) is 16.7 Å². The summed E-state index contributed by atoms with van der Waals surface area (Å²) in [5, 5.41) is 21.9. The van der Waals surface area contributed by atoms with Crippen molar-refractivity contribution < 1.29 is 10.2 Å². The predicted molar refractivity (Wildman–Crippen MR) is 120 cm³/mol. The fraction of sp³-hybridized carbons (Fsp3) is 0.692. The van der Waals surface area contributed by atoms with E-state index in [1.807, 2.05) is 24.3 Å². The number of rotatable bonds is 10. The van der Waals surface area contributed by atoms with E-state index in [0.717, 1.165) is 12.8 Å². The standard InChI is InChI=1S/C26H42O2/c1-6-7-8-9-10-11-12-13-22(25(4)18-20(2)14-16-23(25)27)26(5)19-21(3)15-17-24(26)28/h14-19,22-24,27-28H,6-13H2,1-5H3. The van der Waals surface area contributed by atoms with Crippen molar-refractivity contribution in [3.8, 4) is 0 Å². The van der Waals surface area contributed by atoms with Gasteiger partial charge in [-0.15, -0.1) is 0 Å². The highest BCUT2D eigenvalue weighted by molar-refractivity contribution is 5.34. The average Bonchev–Trinajstić information content (AvgIpc) is 2.64. The van der Waals surface area contributed by atoms with Crippen molar-refractivity contribution in [2.45, 2.75) is 98.2 Å². The zero-order chi connectivity index (χ0) is 20.8. The minimum absolute atomic E-state index is 0.167. The summed E-state index contributed by atoms with van der Waals surface area (Å²) in [5.41, 5.74) is 1.64. The summed E-state index contributed by atoms with van der Waals surface area (Å²) in [4.78, 5) is 0. The Labute approximate surface area is 173 Å². The van der Waals surface area contributed by atoms with Gasteiger partial charge in [0.25, 0.3) is 0 Å². The second kappa shape index (κ2) is 10.1. The van der Waals surface area contributed by atoms with Crippen molar-refractivity contribution in [3.05, 3.63) is 47.6 Å². The second-order valence-electron chi connectivity index (χ2n) is 9.58. The van der Waals surface area contributed by atoms with E-state index in [2.05, 4.69) is 46.8 Å². The molecule has 0 aromatic rings. The van der Waals surface area contributed by atoms with E-state index >= 15 is 0 Å². The molecule has 0 saturated heterocycles. The molecular formula is C26H42O2. The molecule has 158 valence electrons. The summed E-state index contributed by atoms with van der Waals surface area (Å²) >= 11 is 0. The molecule has 0 aromatic heterocycles. The first-order valence-corrected chi connectivity index (χ1v) is 11.4. The smallest absolute Gasteiger partial charge is 0.0815 e. The quantitative estimate of drug-likeness (QED) is 0.420. The molecule has 0 amide bonds. The number of unbranched alkanes of at least 4 members (excludes halogenated alkanes) is 6. The summed E-state index contributed by atoms with van der Waals surface area (Å²) in [6.07, 6.45) is 21.3. The molecule has 2 aliphatic carbocycles. The van der Waals surface area contributed by atoms with Crippen molar-refractivity contribution in [3.63, 3.8) is 0 Å². The minimum Gasteiger partial charge on any atom is -0.388 e. The fourth-order valence-corrected chi connectivity index (χ4v) is 5.36. The Balaban J connectivity index is 2.20. The third kappa shape index (κ3) is 5.27. The van der Waals surface area contributed by atoms with Crippen LogP contribution in [0.3, 0.4) is 0 Å². The van der Waals surface area contributed by atoms with Gasteiger partial charge in [-0.25, -0.2) is 0 Å². The van der Waals surface area contributed by atoms with Gasteiger partial charge in [-0.2, -0.15) is 0 Å². The summed E-state index contributed by atoms with van der Waals surface area (Å²) in [5.74, 6) is 0.167. The second-order valence-corrected chi connectivity index (χ2v) is 9.58. The lowest BCUT2D eigenvalue weighted by atomic mass is 9.55. The molecule has 0 radical (unpaired) electrons. The first-order valence-electron chi connectivity index (χ1n) is 11.4. The van der Waals surface area contributed by atoms with Gasteiger partial charge in [0.15, 0.2) is 0 Å². The van der Waals surface area contributed by atoms with Crippen LogP contribution < -0.4 is 0 Å². The van der Waals surface area contributed by atoms with E-state index < -0.39 is 12.2 Å². The lowest BCUT2D eigenvalue weighted by molar-refractivity contribution is -0.0350. The highest BCUT2D eigenvalue weighted by atomic mass is 16.3. The Morgan fingerprint density at radius 2 is 1.21 bits per heavy atom. The molecule has 2 N–H and O–H groups in total. The lowest BCUT2D eigenvalue weighted by Crippen LogP contribution is -2.50. The SMILES string of the molecule is CCCCCCCCCC(C1(C)C=C(C)C=CC1O)C1(C)C=C(C)C=CC1O. The van der Waals surface area contributed by atoms with E-state index in [4.69, 9.17) is 0 Å². The zero-order valence-electron chi connectivity index (χ0n) is 18.7. The van der Waals surface area contributed by atoms with Gasteiger partial charge >= 0.3 is 0 Å². The molecule has 28 heavy (non-hydrogen) atoms. The van der Waals surface area contributed by atoms with Crippen LogP contribution in [0.25, 0.3) is 0 Å². The van der Waals surface area contributed by atoms with Crippen LogP contribution in [0, 0.1) is 16.7 Å². The maximum atomic E-state index is 11.0. The van der Waals surface area contributed by atoms with Crippen LogP contribution in [0.1, 0.15) is 86.0 Å². The van der Waals surface area contributed by atoms with Crippen LogP contribution >= 0.6 is 0 Å². The van der Waals surface area contributed by atoms with Gasteiger partial charge in [-0.05, 0) is 26.2 Å². The highest BCUT2D eigenvalue weighted by Crippen LogP contribution is 2.52. The molecule has 0 aliphatic heterocycles. The van der Waals surface area contributed by atoms with E-state index in [-0.39, 0.29) is 16.7 Å². The van der Waals surface area contributed by atoms with Crippen LogP contribution in [0.15, 0.2) is 47.6 Å². The van der Waals surface area contributed by atoms with Crippen LogP contribution in [0.4, 0.5) is 0 Å². The molecule has 0 saturated carbocycles. The van der Waals surface area contributed by atoms with Gasteiger partial charge in [0.1, 0.15) is 0 Å². The van der Waals surface area contributed by atoms with Crippen molar-refractivity contribution >= 4 is 0 Å². The maximum Gasteiger partial charge on any atom is 0.0815 e. The van der Waals surface area contributed by atoms with Crippen LogP contribution in [0.5, 0.6) is 0 Å². The third-order valence-electron chi connectivity index (χ3n) is 7.03. The number of hydrogen-bond donors (Lipinski definition) is 2. The average molecular weight is 387 g/mol. The fourth-order valence-electron chi connectivity index (χ4n) is 5.36. The normalized spacial score (nSPS) is 33.5. The predicted octanol–water partition coefficient (Wildman–Crippen LogP) is 6.51. The molecule has 0 aromatic carbocycles. The Morgan fingerprint density at radius 1 is 0.786 bits per heavy atom. The van der Waals surface area contributed by atoms with Gasteiger partial charge < -0.3 is 10.2 Å². The van der Waals surface area contributed by atoms with Gasteiger partial charge in [0.2, 0.25) is 0 Å². The molecule has 4 unspecified atom stereocenters. The number of aliphatic hydroxyl groups is 2. The topological polar surface area (TPSA) is 40.5 Å². The van der Waals surface area contributed by atoms with Crippen LogP contribution in [0.2, 0.25) is 0 Å². The Morgan fingerprint density at radius 3 is 1.68 bits per heavy atom. The van der Waals surface area contributed by atoms with Gasteiger partial charge in [-0.1, -0.05) is 113 Å². The van der Waals surface area contributed by atoms with E-state index in [9.17, 15) is 10.2 Å². The largest absolute Gasteiger partial charge is 0.388 e. The maximum absolute atomic E-state index is 11.0. The molecular weight excluding hydrogens is 344 g/mol. The molecule has 0 bridgehead atoms. The molecule has 4 atom stereocenters. The Bertz CT molecular complexity index is 580. The van der Waals surface area contributed by atoms with E-state index in [0.29, 0.717) is 0 Å². The molecule has 0 spiro atoms. The first-order chi connectivity index (χ1) is 13.2. The molecule has 0 fully saturated rings. The number of allylic oxidation sites excluding steroid dienone is 4. The molecule has 2 heteroatoms. The van der Waals surface area contributed by atoms with Crippen molar-refractivity contribution in [2.75, 3.05) is 0 Å². The van der Waals surface area contributed by atoms with E-state index in [1.165, 1.54) is 49.7 Å². The Hall–Kier alpha value is -1.12. The molecule has 0 heterocycles. The molecule has 2 aliphatic rings. The molecule has 2 rings (SSSR count). The highest BCUT2D eigenvalue weighted by Gasteiger charge is 2.50. The first kappa shape index (κ1) is 23.2. The molecule has 2 nitrogen and oxygen atoms in total.